The van der Waals surface area contributed by atoms with Gasteiger partial charge in [-0.2, -0.15) is 0 Å². The third-order valence-corrected chi connectivity index (χ3v) is 2.85. The van der Waals surface area contributed by atoms with E-state index >= 15 is 0 Å². The molecule has 0 aliphatic rings. The van der Waals surface area contributed by atoms with Gasteiger partial charge in [-0.05, 0) is 18.6 Å². The second-order valence-electron chi connectivity index (χ2n) is 4.24. The summed E-state index contributed by atoms with van der Waals surface area (Å²) in [6.07, 6.45) is 2.03. The average molecular weight is 266 g/mol. The molecule has 0 spiro atoms. The minimum atomic E-state index is -0.170. The summed E-state index contributed by atoms with van der Waals surface area (Å²) in [7, 11) is 4.89. The third-order valence-electron chi connectivity index (χ3n) is 2.85. The van der Waals surface area contributed by atoms with Crippen LogP contribution in [0.3, 0.4) is 0 Å². The highest BCUT2D eigenvalue weighted by molar-refractivity contribution is 5.92. The molecule has 5 heteroatoms. The maximum atomic E-state index is 12.1. The van der Waals surface area contributed by atoms with Crippen molar-refractivity contribution in [2.24, 2.45) is 0 Å². The third kappa shape index (κ3) is 4.05. The Morgan fingerprint density at radius 2 is 1.84 bits per heavy atom. The van der Waals surface area contributed by atoms with Crippen LogP contribution in [0, 0.1) is 0 Å². The lowest BCUT2D eigenvalue weighted by Gasteiger charge is -2.20. The molecule has 0 saturated heterocycles. The van der Waals surface area contributed by atoms with E-state index in [-0.39, 0.29) is 6.03 Å². The lowest BCUT2D eigenvalue weighted by atomic mass is 10.2. The normalized spacial score (nSPS) is 9.89. The largest absolute Gasteiger partial charge is 0.494 e. The summed E-state index contributed by atoms with van der Waals surface area (Å²) in [4.78, 5) is 13.7. The number of amides is 2. The van der Waals surface area contributed by atoms with Gasteiger partial charge in [0, 0.05) is 13.6 Å². The van der Waals surface area contributed by atoms with Gasteiger partial charge in [-0.1, -0.05) is 19.4 Å². The molecule has 1 aromatic carbocycles. The van der Waals surface area contributed by atoms with Crippen LogP contribution in [-0.2, 0) is 0 Å². The highest BCUT2D eigenvalue weighted by atomic mass is 16.5. The zero-order chi connectivity index (χ0) is 14.3. The van der Waals surface area contributed by atoms with Gasteiger partial charge < -0.3 is 19.7 Å². The number of benzene rings is 1. The fourth-order valence-electron chi connectivity index (χ4n) is 1.67. The van der Waals surface area contributed by atoms with Gasteiger partial charge in [0.1, 0.15) is 17.2 Å². The van der Waals surface area contributed by atoms with Crippen LogP contribution in [0.5, 0.6) is 11.5 Å². The highest BCUT2D eigenvalue weighted by Gasteiger charge is 2.15. The maximum Gasteiger partial charge on any atom is 0.321 e. The van der Waals surface area contributed by atoms with E-state index < -0.39 is 0 Å². The quantitative estimate of drug-likeness (QED) is 0.861. The number of nitrogens with one attached hydrogen (secondary N) is 1. The zero-order valence-corrected chi connectivity index (χ0v) is 12.0. The SMILES string of the molecule is CCCCN(C)C(=O)Nc1c(OC)cccc1OC. The van der Waals surface area contributed by atoms with E-state index in [0.717, 1.165) is 19.4 Å². The molecular formula is C14H22N2O3. The summed E-state index contributed by atoms with van der Waals surface area (Å²) in [5.41, 5.74) is 0.556. The molecule has 1 rings (SSSR count). The predicted molar refractivity (Wildman–Crippen MR) is 76.1 cm³/mol. The van der Waals surface area contributed by atoms with Crippen molar-refractivity contribution in [3.63, 3.8) is 0 Å². The van der Waals surface area contributed by atoms with Crippen LogP contribution in [0.2, 0.25) is 0 Å². The van der Waals surface area contributed by atoms with E-state index in [1.807, 2.05) is 6.07 Å². The van der Waals surface area contributed by atoms with Crippen molar-refractivity contribution in [2.75, 3.05) is 33.1 Å². The number of carbonyl (C=O) groups is 1. The summed E-state index contributed by atoms with van der Waals surface area (Å²) in [5, 5.41) is 2.83. The molecule has 0 unspecified atom stereocenters. The number of ether oxygens (including phenoxy) is 2. The van der Waals surface area contributed by atoms with Crippen LogP contribution in [-0.4, -0.2) is 38.7 Å². The lowest BCUT2D eigenvalue weighted by Crippen LogP contribution is -2.32. The van der Waals surface area contributed by atoms with Gasteiger partial charge in [0.25, 0.3) is 0 Å². The topological polar surface area (TPSA) is 50.8 Å². The van der Waals surface area contributed by atoms with Crippen LogP contribution < -0.4 is 14.8 Å². The van der Waals surface area contributed by atoms with Crippen LogP contribution >= 0.6 is 0 Å². The monoisotopic (exact) mass is 266 g/mol. The Hall–Kier alpha value is -1.91. The summed E-state index contributed by atoms with van der Waals surface area (Å²) in [6.45, 7) is 2.81. The molecule has 1 N–H and O–H groups in total. The summed E-state index contributed by atoms with van der Waals surface area (Å²) in [6, 6.07) is 5.21. The second kappa shape index (κ2) is 7.51. The number of para-hydroxylation sites is 1. The van der Waals surface area contributed by atoms with Gasteiger partial charge in [0.15, 0.2) is 0 Å². The first kappa shape index (κ1) is 15.1. The number of anilines is 1. The first-order chi connectivity index (χ1) is 9.13. The van der Waals surface area contributed by atoms with Crippen molar-refractivity contribution >= 4 is 11.7 Å². The van der Waals surface area contributed by atoms with E-state index in [2.05, 4.69) is 12.2 Å². The van der Waals surface area contributed by atoms with Gasteiger partial charge in [-0.25, -0.2) is 4.79 Å². The molecule has 19 heavy (non-hydrogen) atoms. The molecule has 5 nitrogen and oxygen atoms in total. The zero-order valence-electron chi connectivity index (χ0n) is 12.0. The molecule has 0 radical (unpaired) electrons. The molecule has 0 aromatic heterocycles. The van der Waals surface area contributed by atoms with E-state index in [9.17, 15) is 4.79 Å². The number of hydrogen-bond donors (Lipinski definition) is 1. The van der Waals surface area contributed by atoms with Gasteiger partial charge in [0.05, 0.1) is 14.2 Å². The minimum Gasteiger partial charge on any atom is -0.494 e. The minimum absolute atomic E-state index is 0.170. The molecule has 0 heterocycles. The number of unbranched alkanes of at least 4 members (excludes halogenated alkanes) is 1. The van der Waals surface area contributed by atoms with E-state index in [1.165, 1.54) is 0 Å². The van der Waals surface area contributed by atoms with Gasteiger partial charge >= 0.3 is 6.03 Å². The molecular weight excluding hydrogens is 244 g/mol. The number of methoxy groups -OCH3 is 2. The van der Waals surface area contributed by atoms with Gasteiger partial charge in [-0.15, -0.1) is 0 Å². The lowest BCUT2D eigenvalue weighted by molar-refractivity contribution is 0.221. The fourth-order valence-corrected chi connectivity index (χ4v) is 1.67. The van der Waals surface area contributed by atoms with Crippen molar-refractivity contribution in [1.82, 2.24) is 4.90 Å². The molecule has 0 fully saturated rings. The number of rotatable bonds is 6. The Bertz CT molecular complexity index is 399. The van der Waals surface area contributed by atoms with E-state index in [0.29, 0.717) is 17.2 Å². The Morgan fingerprint density at radius 3 is 2.32 bits per heavy atom. The Morgan fingerprint density at radius 1 is 1.26 bits per heavy atom. The van der Waals surface area contributed by atoms with Gasteiger partial charge in [-0.3, -0.25) is 0 Å². The van der Waals surface area contributed by atoms with Crippen LogP contribution in [0.4, 0.5) is 10.5 Å². The molecule has 0 atom stereocenters. The average Bonchev–Trinajstić information content (AvgIpc) is 2.44. The Balaban J connectivity index is 2.83. The highest BCUT2D eigenvalue weighted by Crippen LogP contribution is 2.34. The smallest absolute Gasteiger partial charge is 0.321 e. The van der Waals surface area contributed by atoms with Crippen LogP contribution in [0.15, 0.2) is 18.2 Å². The van der Waals surface area contributed by atoms with E-state index in [1.54, 1.807) is 38.3 Å². The first-order valence-electron chi connectivity index (χ1n) is 6.37. The number of nitrogens with zero attached hydrogens (tertiary/aromatic N) is 1. The van der Waals surface area contributed by atoms with Gasteiger partial charge in [0.2, 0.25) is 0 Å². The summed E-state index contributed by atoms with van der Waals surface area (Å²) in [5.74, 6) is 1.16. The Labute approximate surface area is 114 Å². The number of carbonyl (C=O) groups excluding carboxylic acids is 1. The second-order valence-corrected chi connectivity index (χ2v) is 4.24. The molecule has 1 aromatic rings. The first-order valence-corrected chi connectivity index (χ1v) is 6.37. The molecule has 0 saturated carbocycles. The summed E-state index contributed by atoms with van der Waals surface area (Å²) < 4.78 is 10.5. The molecule has 2 amide bonds. The number of hydrogen-bond acceptors (Lipinski definition) is 3. The van der Waals surface area contributed by atoms with Crippen molar-refractivity contribution in [3.05, 3.63) is 18.2 Å². The van der Waals surface area contributed by atoms with Crippen molar-refractivity contribution in [1.29, 1.82) is 0 Å². The fraction of sp³-hybridized carbons (Fsp3) is 0.500. The van der Waals surface area contributed by atoms with Crippen LogP contribution in [0.25, 0.3) is 0 Å². The standard InChI is InChI=1S/C14H22N2O3/c1-5-6-10-16(2)14(17)15-13-11(18-3)8-7-9-12(13)19-4/h7-9H,5-6,10H2,1-4H3,(H,15,17). The van der Waals surface area contributed by atoms with Crippen molar-refractivity contribution in [3.8, 4) is 11.5 Å². The summed E-state index contributed by atoms with van der Waals surface area (Å²) >= 11 is 0. The molecule has 0 bridgehead atoms. The van der Waals surface area contributed by atoms with E-state index in [4.69, 9.17) is 9.47 Å². The Kier molecular flexibility index (Phi) is 5.99. The molecule has 0 aliphatic heterocycles. The molecule has 106 valence electrons. The predicted octanol–water partition coefficient (Wildman–Crippen LogP) is 2.97. The van der Waals surface area contributed by atoms with Crippen molar-refractivity contribution < 1.29 is 14.3 Å². The van der Waals surface area contributed by atoms with Crippen molar-refractivity contribution in [2.45, 2.75) is 19.8 Å². The number of urea groups is 1. The maximum absolute atomic E-state index is 12.1. The molecule has 0 aliphatic carbocycles. The van der Waals surface area contributed by atoms with Crippen LogP contribution in [0.1, 0.15) is 19.8 Å².